The third kappa shape index (κ3) is 5.53. The lowest BCUT2D eigenvalue weighted by molar-refractivity contribution is 0.0429. The Balaban J connectivity index is 2.54. The minimum Gasteiger partial charge on any atom is -0.443 e. The molecular weight excluding hydrogens is 366 g/mol. The van der Waals surface area contributed by atoms with Crippen LogP contribution in [0.4, 0.5) is 15.4 Å². The molecule has 1 N–H and O–H groups in total. The molecule has 0 spiro atoms. The molecule has 152 valence electrons. The molecule has 0 aliphatic rings. The Labute approximate surface area is 163 Å². The Morgan fingerprint density at radius 1 is 1.11 bits per heavy atom. The van der Waals surface area contributed by atoms with Gasteiger partial charge in [-0.3, -0.25) is 0 Å². The number of pyridine rings is 1. The van der Waals surface area contributed by atoms with Crippen molar-refractivity contribution >= 4 is 18.0 Å². The zero-order valence-electron chi connectivity index (χ0n) is 16.8. The summed E-state index contributed by atoms with van der Waals surface area (Å²) in [7, 11) is 0. The second-order valence-electron chi connectivity index (χ2n) is 8.01. The molecule has 9 nitrogen and oxygen atoms in total. The number of imide groups is 1. The first-order chi connectivity index (χ1) is 12.9. The van der Waals surface area contributed by atoms with Gasteiger partial charge in [0.1, 0.15) is 16.9 Å². The number of carbonyl (C=O) groups excluding carboxylic acids is 2. The number of ether oxygens (including phenoxy) is 2. The number of carbonyl (C=O) groups is 2. The Morgan fingerprint density at radius 2 is 1.68 bits per heavy atom. The predicted molar refractivity (Wildman–Crippen MR) is 101 cm³/mol. The molecule has 9 heteroatoms. The average molecular weight is 391 g/mol. The molecule has 28 heavy (non-hydrogen) atoms. The van der Waals surface area contributed by atoms with Gasteiger partial charge in [0.2, 0.25) is 0 Å². The summed E-state index contributed by atoms with van der Waals surface area (Å²) in [5, 5.41) is 12.9. The van der Waals surface area contributed by atoms with Crippen molar-refractivity contribution in [3.8, 4) is 11.3 Å². The molecule has 2 amide bonds. The molecule has 0 atom stereocenters. The highest BCUT2D eigenvalue weighted by atomic mass is 16.6. The summed E-state index contributed by atoms with van der Waals surface area (Å²) in [6.45, 7) is 9.77. The first kappa shape index (κ1) is 21.4. The van der Waals surface area contributed by atoms with Gasteiger partial charge >= 0.3 is 12.2 Å². The first-order valence-electron chi connectivity index (χ1n) is 8.69. The standard InChI is InChI=1S/C19H25N3O6/c1-18(2,3)26-16(24)22(17(25)27-19(4,5)6)15-13(8-7-9-20-15)14-10-12(11-23)21-28-14/h7-10,23H,11H2,1-6H3. The number of aromatic nitrogens is 2. The molecule has 0 aliphatic heterocycles. The molecule has 0 aromatic carbocycles. The lowest BCUT2D eigenvalue weighted by atomic mass is 10.1. The van der Waals surface area contributed by atoms with Gasteiger partial charge in [-0.25, -0.2) is 14.6 Å². The zero-order chi connectivity index (χ0) is 21.1. The molecule has 0 aliphatic carbocycles. The third-order valence-electron chi connectivity index (χ3n) is 3.14. The fraction of sp³-hybridized carbons (Fsp3) is 0.474. The molecule has 0 bridgehead atoms. The number of amides is 2. The number of hydrogen-bond acceptors (Lipinski definition) is 8. The van der Waals surface area contributed by atoms with E-state index in [1.54, 1.807) is 53.7 Å². The van der Waals surface area contributed by atoms with E-state index in [4.69, 9.17) is 14.0 Å². The summed E-state index contributed by atoms with van der Waals surface area (Å²) >= 11 is 0. The zero-order valence-corrected chi connectivity index (χ0v) is 16.8. The lowest BCUT2D eigenvalue weighted by Gasteiger charge is -2.28. The summed E-state index contributed by atoms with van der Waals surface area (Å²) in [4.78, 5) is 30.5. The van der Waals surface area contributed by atoms with Crippen LogP contribution in [0.5, 0.6) is 0 Å². The minimum atomic E-state index is -0.941. The molecule has 2 heterocycles. The van der Waals surface area contributed by atoms with E-state index >= 15 is 0 Å². The number of rotatable bonds is 3. The van der Waals surface area contributed by atoms with Gasteiger partial charge in [-0.1, -0.05) is 5.16 Å². The van der Waals surface area contributed by atoms with Crippen molar-refractivity contribution in [1.29, 1.82) is 0 Å². The smallest absolute Gasteiger partial charge is 0.425 e. The van der Waals surface area contributed by atoms with E-state index in [2.05, 4.69) is 10.1 Å². The minimum absolute atomic E-state index is 0.0355. The lowest BCUT2D eigenvalue weighted by Crippen LogP contribution is -2.44. The van der Waals surface area contributed by atoms with E-state index in [1.807, 2.05) is 0 Å². The predicted octanol–water partition coefficient (Wildman–Crippen LogP) is 3.91. The Bertz CT molecular complexity index is 820. The van der Waals surface area contributed by atoms with Crippen LogP contribution >= 0.6 is 0 Å². The van der Waals surface area contributed by atoms with Crippen LogP contribution in [-0.2, 0) is 16.1 Å². The molecule has 0 radical (unpaired) electrons. The van der Waals surface area contributed by atoms with Crippen LogP contribution in [0.15, 0.2) is 28.9 Å². The first-order valence-corrected chi connectivity index (χ1v) is 8.69. The monoisotopic (exact) mass is 391 g/mol. The van der Waals surface area contributed by atoms with Crippen LogP contribution in [-0.4, -0.2) is 38.6 Å². The van der Waals surface area contributed by atoms with Gasteiger partial charge in [0, 0.05) is 12.3 Å². The van der Waals surface area contributed by atoms with Crippen LogP contribution in [0.2, 0.25) is 0 Å². The number of anilines is 1. The number of aliphatic hydroxyl groups is 1. The van der Waals surface area contributed by atoms with E-state index in [-0.39, 0.29) is 18.2 Å². The Morgan fingerprint density at radius 3 is 2.14 bits per heavy atom. The molecule has 2 aromatic rings. The largest absolute Gasteiger partial charge is 0.443 e. The fourth-order valence-corrected chi connectivity index (χ4v) is 2.14. The molecule has 0 saturated carbocycles. The Hall–Kier alpha value is -2.94. The summed E-state index contributed by atoms with van der Waals surface area (Å²) in [6, 6.07) is 4.71. The van der Waals surface area contributed by atoms with Crippen molar-refractivity contribution in [3.63, 3.8) is 0 Å². The highest BCUT2D eigenvalue weighted by Gasteiger charge is 2.35. The van der Waals surface area contributed by atoms with E-state index in [0.717, 1.165) is 0 Å². The van der Waals surface area contributed by atoms with E-state index in [9.17, 15) is 14.7 Å². The van der Waals surface area contributed by atoms with Crippen LogP contribution < -0.4 is 4.90 Å². The van der Waals surface area contributed by atoms with Crippen molar-refractivity contribution in [2.75, 3.05) is 4.90 Å². The van der Waals surface area contributed by atoms with E-state index in [1.165, 1.54) is 12.3 Å². The number of aliphatic hydroxyl groups excluding tert-OH is 1. The quantitative estimate of drug-likeness (QED) is 0.837. The highest BCUT2D eigenvalue weighted by Crippen LogP contribution is 2.31. The topological polar surface area (TPSA) is 115 Å². The molecule has 0 fully saturated rings. The maximum absolute atomic E-state index is 12.8. The van der Waals surface area contributed by atoms with E-state index < -0.39 is 23.4 Å². The van der Waals surface area contributed by atoms with Gasteiger partial charge in [-0.2, -0.15) is 4.90 Å². The van der Waals surface area contributed by atoms with Gasteiger partial charge in [-0.15, -0.1) is 0 Å². The SMILES string of the molecule is CC(C)(C)OC(=O)N(C(=O)OC(C)(C)C)c1ncccc1-c1cc(CO)no1. The van der Waals surface area contributed by atoms with Gasteiger partial charge in [0.25, 0.3) is 0 Å². The van der Waals surface area contributed by atoms with Crippen molar-refractivity contribution in [1.82, 2.24) is 10.1 Å². The second kappa shape index (κ2) is 7.97. The second-order valence-corrected chi connectivity index (χ2v) is 8.01. The summed E-state index contributed by atoms with van der Waals surface area (Å²) in [5.74, 6) is 0.191. The van der Waals surface area contributed by atoms with Crippen LogP contribution in [0, 0.1) is 0 Å². The van der Waals surface area contributed by atoms with Crippen molar-refractivity contribution in [2.24, 2.45) is 0 Å². The summed E-state index contributed by atoms with van der Waals surface area (Å²) in [5.41, 5.74) is -1.08. The van der Waals surface area contributed by atoms with E-state index in [0.29, 0.717) is 16.2 Å². The average Bonchev–Trinajstić information content (AvgIpc) is 3.01. The summed E-state index contributed by atoms with van der Waals surface area (Å²) in [6.07, 6.45) is -0.462. The van der Waals surface area contributed by atoms with Gasteiger partial charge < -0.3 is 19.1 Å². The number of hydrogen-bond donors (Lipinski definition) is 1. The van der Waals surface area contributed by atoms with Crippen molar-refractivity contribution in [3.05, 3.63) is 30.1 Å². The molecule has 2 rings (SSSR count). The van der Waals surface area contributed by atoms with Crippen LogP contribution in [0.1, 0.15) is 47.2 Å². The summed E-state index contributed by atoms with van der Waals surface area (Å²) < 4.78 is 15.9. The molecule has 0 unspecified atom stereocenters. The Kier molecular flexibility index (Phi) is 6.08. The molecule has 2 aromatic heterocycles. The van der Waals surface area contributed by atoms with Gasteiger partial charge in [-0.05, 0) is 53.7 Å². The van der Waals surface area contributed by atoms with Crippen molar-refractivity contribution < 1.29 is 28.7 Å². The molecular formula is C19H25N3O6. The fourth-order valence-electron chi connectivity index (χ4n) is 2.14. The maximum Gasteiger partial charge on any atom is 0.425 e. The highest BCUT2D eigenvalue weighted by molar-refractivity contribution is 6.10. The number of nitrogens with zero attached hydrogens (tertiary/aromatic N) is 3. The molecule has 0 saturated heterocycles. The van der Waals surface area contributed by atoms with Crippen LogP contribution in [0.3, 0.4) is 0 Å². The third-order valence-corrected chi connectivity index (χ3v) is 3.14. The normalized spacial score (nSPS) is 11.8. The maximum atomic E-state index is 12.8. The van der Waals surface area contributed by atoms with Crippen LogP contribution in [0.25, 0.3) is 11.3 Å². The van der Waals surface area contributed by atoms with Crippen molar-refractivity contribution in [2.45, 2.75) is 59.4 Å². The van der Waals surface area contributed by atoms with Gasteiger partial charge in [0.15, 0.2) is 11.6 Å². The van der Waals surface area contributed by atoms with Gasteiger partial charge in [0.05, 0.1) is 12.2 Å².